The summed E-state index contributed by atoms with van der Waals surface area (Å²) in [6, 6.07) is 4.37. The van der Waals surface area contributed by atoms with Crippen molar-refractivity contribution in [2.24, 2.45) is 0 Å². The molecule has 0 atom stereocenters. The van der Waals surface area contributed by atoms with Gasteiger partial charge in [0.05, 0.1) is 0 Å². The Morgan fingerprint density at radius 2 is 1.96 bits per heavy atom. The van der Waals surface area contributed by atoms with Crippen LogP contribution in [0.15, 0.2) is 18.2 Å². The molecule has 0 fully saturated rings. The number of hydrogen-bond donors (Lipinski definition) is 3. The van der Waals surface area contributed by atoms with E-state index in [1.54, 1.807) is 0 Å². The van der Waals surface area contributed by atoms with E-state index in [-0.39, 0.29) is 34.0 Å². The third kappa shape index (κ3) is 4.88. The number of benzene rings is 1. The standard InChI is InChI=1S/C15H15Cl2FN2O5S/c1-7(2)9-5-8(3-4-10(9)21)25-13-11(16)14(18)20-15(12(13)17)19-6-26(22,23)24/h3-5,7,21H,6H2,1-2H3,(H,19,20)(H,22,23,24). The zero-order chi connectivity index (χ0) is 19.6. The Bertz CT molecular complexity index is 938. The van der Waals surface area contributed by atoms with E-state index in [0.717, 1.165) is 0 Å². The van der Waals surface area contributed by atoms with Gasteiger partial charge >= 0.3 is 0 Å². The first-order chi connectivity index (χ1) is 12.0. The van der Waals surface area contributed by atoms with Crippen molar-refractivity contribution >= 4 is 39.1 Å². The summed E-state index contributed by atoms with van der Waals surface area (Å²) in [6.07, 6.45) is 0. The number of phenolic OH excluding ortho intramolecular Hbond substituents is 1. The lowest BCUT2D eigenvalue weighted by Gasteiger charge is -2.15. The molecular weight excluding hydrogens is 410 g/mol. The van der Waals surface area contributed by atoms with Gasteiger partial charge in [0.1, 0.15) is 27.4 Å². The molecule has 0 bridgehead atoms. The minimum absolute atomic E-state index is 0.00865. The molecule has 1 heterocycles. The van der Waals surface area contributed by atoms with E-state index in [9.17, 15) is 17.9 Å². The van der Waals surface area contributed by atoms with Crippen LogP contribution in [0.2, 0.25) is 10.0 Å². The number of anilines is 1. The van der Waals surface area contributed by atoms with E-state index in [4.69, 9.17) is 32.5 Å². The van der Waals surface area contributed by atoms with E-state index in [1.807, 2.05) is 13.8 Å². The third-order valence-corrected chi connectivity index (χ3v) is 4.45. The predicted molar refractivity (Wildman–Crippen MR) is 96.5 cm³/mol. The fourth-order valence-electron chi connectivity index (χ4n) is 2.04. The first-order valence-corrected chi connectivity index (χ1v) is 9.60. The molecule has 11 heteroatoms. The minimum Gasteiger partial charge on any atom is -0.508 e. The maximum absolute atomic E-state index is 13.9. The number of aromatic nitrogens is 1. The summed E-state index contributed by atoms with van der Waals surface area (Å²) >= 11 is 11.9. The summed E-state index contributed by atoms with van der Waals surface area (Å²) < 4.78 is 49.9. The van der Waals surface area contributed by atoms with Gasteiger partial charge in [0.25, 0.3) is 10.1 Å². The van der Waals surface area contributed by atoms with Crippen LogP contribution in [-0.2, 0) is 10.1 Å². The molecule has 2 aromatic rings. The average molecular weight is 425 g/mol. The van der Waals surface area contributed by atoms with Crippen LogP contribution in [0, 0.1) is 5.95 Å². The largest absolute Gasteiger partial charge is 0.508 e. The summed E-state index contributed by atoms with van der Waals surface area (Å²) in [5, 5.41) is 11.2. The van der Waals surface area contributed by atoms with E-state index in [2.05, 4.69) is 10.3 Å². The van der Waals surface area contributed by atoms with E-state index in [0.29, 0.717) is 5.56 Å². The summed E-state index contributed by atoms with van der Waals surface area (Å²) in [4.78, 5) is 3.40. The zero-order valence-electron chi connectivity index (χ0n) is 13.6. The Kier molecular flexibility index (Phi) is 6.17. The Hall–Kier alpha value is -1.81. The first-order valence-electron chi connectivity index (χ1n) is 7.24. The molecule has 0 radical (unpaired) electrons. The van der Waals surface area contributed by atoms with Crippen LogP contribution in [0.4, 0.5) is 10.2 Å². The SMILES string of the molecule is CC(C)c1cc(Oc2c(Cl)c(F)nc(NCS(=O)(=O)O)c2Cl)ccc1O. The number of pyridine rings is 1. The van der Waals surface area contributed by atoms with Gasteiger partial charge in [-0.3, -0.25) is 4.55 Å². The van der Waals surface area contributed by atoms with Crippen molar-refractivity contribution < 1.29 is 27.2 Å². The van der Waals surface area contributed by atoms with Crippen molar-refractivity contribution in [1.29, 1.82) is 0 Å². The Morgan fingerprint density at radius 3 is 2.54 bits per heavy atom. The second kappa shape index (κ2) is 7.83. The van der Waals surface area contributed by atoms with Gasteiger partial charge in [-0.1, -0.05) is 37.0 Å². The number of phenols is 1. The number of ether oxygens (including phenoxy) is 1. The molecule has 7 nitrogen and oxygen atoms in total. The molecule has 0 amide bonds. The quantitative estimate of drug-likeness (QED) is 0.465. The molecule has 142 valence electrons. The van der Waals surface area contributed by atoms with Gasteiger partial charge in [0, 0.05) is 5.56 Å². The summed E-state index contributed by atoms with van der Waals surface area (Å²) in [6.45, 7) is 3.73. The van der Waals surface area contributed by atoms with Gasteiger partial charge < -0.3 is 15.2 Å². The number of aromatic hydroxyl groups is 1. The summed E-state index contributed by atoms with van der Waals surface area (Å²) in [5.74, 6) is -2.46. The second-order valence-corrected chi connectivity index (χ2v) is 7.80. The zero-order valence-corrected chi connectivity index (χ0v) is 16.0. The van der Waals surface area contributed by atoms with Gasteiger partial charge in [-0.05, 0) is 24.1 Å². The average Bonchev–Trinajstić information content (AvgIpc) is 2.54. The van der Waals surface area contributed by atoms with Gasteiger partial charge in [-0.2, -0.15) is 17.8 Å². The molecule has 0 saturated carbocycles. The smallest absolute Gasteiger partial charge is 0.283 e. The van der Waals surface area contributed by atoms with Gasteiger partial charge in [0.2, 0.25) is 5.95 Å². The van der Waals surface area contributed by atoms with Gasteiger partial charge in [0.15, 0.2) is 11.6 Å². The van der Waals surface area contributed by atoms with Gasteiger partial charge in [-0.25, -0.2) is 0 Å². The molecule has 0 aliphatic rings. The molecular formula is C15H15Cl2FN2O5S. The summed E-state index contributed by atoms with van der Waals surface area (Å²) in [5.41, 5.74) is 0.592. The van der Waals surface area contributed by atoms with Crippen LogP contribution in [0.1, 0.15) is 25.3 Å². The molecule has 2 rings (SSSR count). The predicted octanol–water partition coefficient (Wildman–Crippen LogP) is 4.41. The van der Waals surface area contributed by atoms with Crippen molar-refractivity contribution in [3.63, 3.8) is 0 Å². The highest BCUT2D eigenvalue weighted by atomic mass is 35.5. The number of nitrogens with zero attached hydrogens (tertiary/aromatic N) is 1. The van der Waals surface area contributed by atoms with E-state index in [1.165, 1.54) is 18.2 Å². The fourth-order valence-corrected chi connectivity index (χ4v) is 2.82. The van der Waals surface area contributed by atoms with Crippen molar-refractivity contribution in [1.82, 2.24) is 4.98 Å². The van der Waals surface area contributed by atoms with Crippen LogP contribution >= 0.6 is 23.2 Å². The lowest BCUT2D eigenvalue weighted by molar-refractivity contribution is 0.452. The van der Waals surface area contributed by atoms with Crippen LogP contribution in [0.3, 0.4) is 0 Å². The number of nitrogens with one attached hydrogen (secondary N) is 1. The second-order valence-electron chi connectivity index (χ2n) is 5.59. The van der Waals surface area contributed by atoms with E-state index < -0.39 is 27.0 Å². The van der Waals surface area contributed by atoms with Crippen LogP contribution < -0.4 is 10.1 Å². The highest BCUT2D eigenvalue weighted by molar-refractivity contribution is 7.85. The molecule has 1 aromatic heterocycles. The highest BCUT2D eigenvalue weighted by Gasteiger charge is 2.21. The van der Waals surface area contributed by atoms with Crippen LogP contribution in [0.25, 0.3) is 0 Å². The molecule has 0 saturated heterocycles. The minimum atomic E-state index is -4.39. The Balaban J connectivity index is 2.43. The molecule has 0 aliphatic heterocycles. The molecule has 26 heavy (non-hydrogen) atoms. The fraction of sp³-hybridized carbons (Fsp3) is 0.267. The lowest BCUT2D eigenvalue weighted by Crippen LogP contribution is -2.14. The van der Waals surface area contributed by atoms with Crippen molar-refractivity contribution in [3.05, 3.63) is 39.8 Å². The lowest BCUT2D eigenvalue weighted by atomic mass is 10.0. The maximum Gasteiger partial charge on any atom is 0.283 e. The molecule has 3 N–H and O–H groups in total. The maximum atomic E-state index is 13.9. The number of halogens is 3. The normalized spacial score (nSPS) is 11.7. The number of rotatable bonds is 6. The summed E-state index contributed by atoms with van der Waals surface area (Å²) in [7, 11) is -4.39. The molecule has 1 aromatic carbocycles. The Morgan fingerprint density at radius 1 is 1.31 bits per heavy atom. The Labute approximate surface area is 159 Å². The molecule has 0 spiro atoms. The molecule has 0 unspecified atom stereocenters. The van der Waals surface area contributed by atoms with Crippen molar-refractivity contribution in [3.8, 4) is 17.2 Å². The van der Waals surface area contributed by atoms with E-state index >= 15 is 0 Å². The number of hydrogen-bond acceptors (Lipinski definition) is 6. The van der Waals surface area contributed by atoms with Crippen molar-refractivity contribution in [2.45, 2.75) is 19.8 Å². The highest BCUT2D eigenvalue weighted by Crippen LogP contribution is 2.42. The first kappa shape index (κ1) is 20.5. The van der Waals surface area contributed by atoms with Gasteiger partial charge in [-0.15, -0.1) is 0 Å². The van der Waals surface area contributed by atoms with Crippen LogP contribution in [0.5, 0.6) is 17.2 Å². The monoisotopic (exact) mass is 424 g/mol. The topological polar surface area (TPSA) is 109 Å². The van der Waals surface area contributed by atoms with Crippen molar-refractivity contribution in [2.75, 3.05) is 11.2 Å². The van der Waals surface area contributed by atoms with Crippen LogP contribution in [-0.4, -0.2) is 28.9 Å². The molecule has 0 aliphatic carbocycles. The third-order valence-electron chi connectivity index (χ3n) is 3.26.